The summed E-state index contributed by atoms with van der Waals surface area (Å²) in [5.74, 6) is 0.945. The highest BCUT2D eigenvalue weighted by Crippen LogP contribution is 2.32. The minimum Gasteiger partial charge on any atom is -0.346 e. The van der Waals surface area contributed by atoms with E-state index in [1.807, 2.05) is 19.0 Å². The number of piperidine rings is 1. The van der Waals surface area contributed by atoms with E-state index in [1.165, 1.54) is 25.7 Å². The maximum absolute atomic E-state index is 12.1. The van der Waals surface area contributed by atoms with Crippen LogP contribution < -0.4 is 10.6 Å². The number of rotatable bonds is 6. The number of nitrogens with one attached hydrogen (secondary N) is 2. The quantitative estimate of drug-likeness (QED) is 0.694. The highest BCUT2D eigenvalue weighted by Gasteiger charge is 2.34. The van der Waals surface area contributed by atoms with Crippen molar-refractivity contribution >= 4 is 5.91 Å². The van der Waals surface area contributed by atoms with Crippen LogP contribution in [0.3, 0.4) is 0 Å². The van der Waals surface area contributed by atoms with E-state index in [0.717, 1.165) is 25.9 Å². The van der Waals surface area contributed by atoms with Gasteiger partial charge in [0.1, 0.15) is 0 Å². The van der Waals surface area contributed by atoms with E-state index >= 15 is 0 Å². The van der Waals surface area contributed by atoms with Gasteiger partial charge >= 0.3 is 0 Å². The lowest BCUT2D eigenvalue weighted by Gasteiger charge is -2.30. The first kappa shape index (κ1) is 13.8. The zero-order valence-electron chi connectivity index (χ0n) is 11.7. The number of hydrogen-bond donors (Lipinski definition) is 2. The van der Waals surface area contributed by atoms with E-state index in [2.05, 4.69) is 10.6 Å². The minimum atomic E-state index is 0.331. The van der Waals surface area contributed by atoms with Gasteiger partial charge in [0.05, 0.1) is 0 Å². The van der Waals surface area contributed by atoms with Crippen molar-refractivity contribution in [3.8, 4) is 0 Å². The number of fused-ring (bicyclic) bond motifs is 2. The van der Waals surface area contributed by atoms with Gasteiger partial charge in [-0.3, -0.25) is 4.79 Å². The number of amides is 1. The molecule has 0 aromatic heterocycles. The Kier molecular flexibility index (Phi) is 5.01. The molecule has 2 saturated heterocycles. The summed E-state index contributed by atoms with van der Waals surface area (Å²) in [6.07, 6.45) is 6.82. The van der Waals surface area contributed by atoms with Crippen molar-refractivity contribution in [2.75, 3.05) is 27.2 Å². The average Bonchev–Trinajstić information content (AvgIpc) is 2.69. The second-order valence-electron chi connectivity index (χ2n) is 5.95. The van der Waals surface area contributed by atoms with Crippen LogP contribution in [0.4, 0.5) is 0 Å². The summed E-state index contributed by atoms with van der Waals surface area (Å²) in [4.78, 5) is 14.0. The number of carbonyl (C=O) groups is 1. The molecule has 2 aliphatic heterocycles. The molecular weight excluding hydrogens is 226 g/mol. The van der Waals surface area contributed by atoms with Gasteiger partial charge in [0.15, 0.2) is 0 Å². The smallest absolute Gasteiger partial charge is 0.222 e. The topological polar surface area (TPSA) is 44.4 Å². The van der Waals surface area contributed by atoms with Crippen LogP contribution in [0.25, 0.3) is 0 Å². The van der Waals surface area contributed by atoms with E-state index in [-0.39, 0.29) is 0 Å². The molecule has 2 unspecified atom stereocenters. The van der Waals surface area contributed by atoms with Crippen LogP contribution >= 0.6 is 0 Å². The van der Waals surface area contributed by atoms with Crippen LogP contribution in [0.1, 0.15) is 38.5 Å². The molecule has 2 heterocycles. The van der Waals surface area contributed by atoms with Gasteiger partial charge in [0.2, 0.25) is 5.91 Å². The molecule has 0 aromatic rings. The molecule has 2 bridgehead atoms. The van der Waals surface area contributed by atoms with Crippen LogP contribution in [0.15, 0.2) is 0 Å². The van der Waals surface area contributed by atoms with E-state index in [4.69, 9.17) is 0 Å². The molecule has 2 atom stereocenters. The summed E-state index contributed by atoms with van der Waals surface area (Å²) >= 11 is 0. The van der Waals surface area contributed by atoms with Gasteiger partial charge < -0.3 is 15.5 Å². The molecule has 4 heteroatoms. The molecule has 0 aromatic carbocycles. The third-order valence-electron chi connectivity index (χ3n) is 4.38. The fraction of sp³-hybridized carbons (Fsp3) is 0.929. The summed E-state index contributed by atoms with van der Waals surface area (Å²) < 4.78 is 0. The van der Waals surface area contributed by atoms with Crippen LogP contribution in [0.2, 0.25) is 0 Å². The van der Waals surface area contributed by atoms with E-state index in [1.54, 1.807) is 0 Å². The van der Waals surface area contributed by atoms with Gasteiger partial charge in [-0.05, 0) is 51.6 Å². The molecule has 2 fully saturated rings. The Bertz CT molecular complexity index is 270. The first-order chi connectivity index (χ1) is 8.69. The molecule has 104 valence electrons. The predicted octanol–water partition coefficient (Wildman–Crippen LogP) is 0.975. The standard InChI is InChI=1S/C14H27N3O/c1-15-6-3-7-17(2)14(18)10-11-8-12-4-5-13(9-11)16-12/h11-13,15-16H,3-10H2,1-2H3. The fourth-order valence-electron chi connectivity index (χ4n) is 3.36. The van der Waals surface area contributed by atoms with Crippen molar-refractivity contribution in [3.05, 3.63) is 0 Å². The Balaban J connectivity index is 1.70. The Morgan fingerprint density at radius 1 is 1.33 bits per heavy atom. The van der Waals surface area contributed by atoms with E-state index in [9.17, 15) is 4.79 Å². The molecule has 2 rings (SSSR count). The molecule has 2 aliphatic rings. The van der Waals surface area contributed by atoms with Crippen molar-refractivity contribution in [2.24, 2.45) is 5.92 Å². The summed E-state index contributed by atoms with van der Waals surface area (Å²) in [5.41, 5.74) is 0. The van der Waals surface area contributed by atoms with Crippen molar-refractivity contribution in [1.82, 2.24) is 15.5 Å². The molecule has 18 heavy (non-hydrogen) atoms. The average molecular weight is 253 g/mol. The second kappa shape index (κ2) is 6.53. The molecule has 0 aliphatic carbocycles. The van der Waals surface area contributed by atoms with Gasteiger partial charge in [-0.1, -0.05) is 0 Å². The highest BCUT2D eigenvalue weighted by atomic mass is 16.2. The summed E-state index contributed by atoms with van der Waals surface area (Å²) in [7, 11) is 3.89. The zero-order chi connectivity index (χ0) is 13.0. The van der Waals surface area contributed by atoms with Crippen LogP contribution in [0, 0.1) is 5.92 Å². The molecule has 0 spiro atoms. The normalized spacial score (nSPS) is 30.4. The van der Waals surface area contributed by atoms with Crippen LogP contribution in [-0.4, -0.2) is 50.1 Å². The SMILES string of the molecule is CNCCCN(C)C(=O)CC1CC2CCC(C1)N2. The van der Waals surface area contributed by atoms with Crippen molar-refractivity contribution in [3.63, 3.8) is 0 Å². The number of nitrogens with zero attached hydrogens (tertiary/aromatic N) is 1. The lowest BCUT2D eigenvalue weighted by Crippen LogP contribution is -2.40. The fourth-order valence-corrected chi connectivity index (χ4v) is 3.36. The molecular formula is C14H27N3O. The van der Waals surface area contributed by atoms with Gasteiger partial charge in [-0.25, -0.2) is 0 Å². The maximum Gasteiger partial charge on any atom is 0.222 e. The predicted molar refractivity (Wildman–Crippen MR) is 73.5 cm³/mol. The summed E-state index contributed by atoms with van der Waals surface area (Å²) in [6.45, 7) is 1.85. The maximum atomic E-state index is 12.1. The van der Waals surface area contributed by atoms with Crippen LogP contribution in [0.5, 0.6) is 0 Å². The molecule has 0 radical (unpaired) electrons. The molecule has 0 saturated carbocycles. The van der Waals surface area contributed by atoms with Gasteiger partial charge in [0.25, 0.3) is 0 Å². The Labute approximate surface area is 110 Å². The Morgan fingerprint density at radius 3 is 2.61 bits per heavy atom. The lowest BCUT2D eigenvalue weighted by atomic mass is 9.89. The Hall–Kier alpha value is -0.610. The van der Waals surface area contributed by atoms with Gasteiger partial charge in [-0.15, -0.1) is 0 Å². The third-order valence-corrected chi connectivity index (χ3v) is 4.38. The largest absolute Gasteiger partial charge is 0.346 e. The zero-order valence-corrected chi connectivity index (χ0v) is 11.7. The first-order valence-corrected chi connectivity index (χ1v) is 7.33. The number of carbonyl (C=O) groups excluding carboxylic acids is 1. The number of hydrogen-bond acceptors (Lipinski definition) is 3. The molecule has 1 amide bonds. The van der Waals surface area contributed by atoms with Crippen molar-refractivity contribution < 1.29 is 4.79 Å². The summed E-state index contributed by atoms with van der Waals surface area (Å²) in [5, 5.41) is 6.75. The third kappa shape index (κ3) is 3.69. The van der Waals surface area contributed by atoms with Crippen molar-refractivity contribution in [2.45, 2.75) is 50.6 Å². The molecule has 4 nitrogen and oxygen atoms in total. The lowest BCUT2D eigenvalue weighted by molar-refractivity contribution is -0.131. The monoisotopic (exact) mass is 253 g/mol. The minimum absolute atomic E-state index is 0.331. The first-order valence-electron chi connectivity index (χ1n) is 7.33. The highest BCUT2D eigenvalue weighted by molar-refractivity contribution is 5.76. The second-order valence-corrected chi connectivity index (χ2v) is 5.95. The molecule has 2 N–H and O–H groups in total. The van der Waals surface area contributed by atoms with Crippen LogP contribution in [-0.2, 0) is 4.79 Å². The van der Waals surface area contributed by atoms with Crippen molar-refractivity contribution in [1.29, 1.82) is 0 Å². The van der Waals surface area contributed by atoms with E-state index < -0.39 is 0 Å². The van der Waals surface area contributed by atoms with E-state index in [0.29, 0.717) is 23.9 Å². The Morgan fingerprint density at radius 2 is 2.00 bits per heavy atom. The van der Waals surface area contributed by atoms with Gasteiger partial charge in [-0.2, -0.15) is 0 Å². The van der Waals surface area contributed by atoms with Gasteiger partial charge in [0, 0.05) is 32.1 Å². The summed E-state index contributed by atoms with van der Waals surface area (Å²) in [6, 6.07) is 1.38.